The first kappa shape index (κ1) is 13.9. The third-order valence-electron chi connectivity index (χ3n) is 3.19. The summed E-state index contributed by atoms with van der Waals surface area (Å²) in [6.07, 6.45) is 1.77. The Labute approximate surface area is 127 Å². The van der Waals surface area contributed by atoms with E-state index >= 15 is 0 Å². The van der Waals surface area contributed by atoms with Gasteiger partial charge in [-0.15, -0.1) is 0 Å². The highest BCUT2D eigenvalue weighted by molar-refractivity contribution is 7.99. The van der Waals surface area contributed by atoms with Crippen LogP contribution in [-0.4, -0.2) is 23.4 Å². The van der Waals surface area contributed by atoms with Crippen molar-refractivity contribution in [3.63, 3.8) is 0 Å². The first-order valence-corrected chi connectivity index (χ1v) is 7.65. The maximum absolute atomic E-state index is 10.1. The minimum absolute atomic E-state index is 0.155. The lowest BCUT2D eigenvalue weighted by atomic mass is 10.3. The Kier molecular flexibility index (Phi) is 4.10. The summed E-state index contributed by atoms with van der Waals surface area (Å²) in [5.74, 6) is 1.04. The van der Waals surface area contributed by atoms with Crippen LogP contribution >= 0.6 is 11.8 Å². The predicted octanol–water partition coefficient (Wildman–Crippen LogP) is 3.80. The molecule has 5 heteroatoms. The van der Waals surface area contributed by atoms with Crippen LogP contribution in [0.1, 0.15) is 12.8 Å². The second-order valence-electron chi connectivity index (χ2n) is 4.71. The van der Waals surface area contributed by atoms with Gasteiger partial charge < -0.3 is 19.7 Å². The molecule has 0 fully saturated rings. The minimum Gasteiger partial charge on any atom is -0.504 e. The number of hydrogen-bond donors (Lipinski definition) is 2. The van der Waals surface area contributed by atoms with Crippen LogP contribution in [0.3, 0.4) is 0 Å². The molecule has 0 saturated heterocycles. The van der Waals surface area contributed by atoms with Crippen LogP contribution in [0.2, 0.25) is 0 Å². The molecule has 2 N–H and O–H groups in total. The molecule has 3 rings (SSSR count). The van der Waals surface area contributed by atoms with E-state index in [9.17, 15) is 10.2 Å². The first-order chi connectivity index (χ1) is 10.3. The van der Waals surface area contributed by atoms with E-state index < -0.39 is 0 Å². The van der Waals surface area contributed by atoms with E-state index in [2.05, 4.69) is 0 Å². The molecule has 110 valence electrons. The summed E-state index contributed by atoms with van der Waals surface area (Å²) in [4.78, 5) is 1.39. The van der Waals surface area contributed by atoms with Crippen molar-refractivity contribution in [3.8, 4) is 23.0 Å². The van der Waals surface area contributed by atoms with E-state index in [1.54, 1.807) is 6.07 Å². The number of aromatic hydroxyl groups is 2. The van der Waals surface area contributed by atoms with Gasteiger partial charge in [0, 0.05) is 0 Å². The maximum Gasteiger partial charge on any atom is 0.175 e. The van der Waals surface area contributed by atoms with Crippen molar-refractivity contribution >= 4 is 11.8 Å². The van der Waals surface area contributed by atoms with Gasteiger partial charge in [-0.25, -0.2) is 0 Å². The van der Waals surface area contributed by atoms with Gasteiger partial charge >= 0.3 is 0 Å². The maximum atomic E-state index is 10.1. The van der Waals surface area contributed by atoms with Crippen molar-refractivity contribution in [2.45, 2.75) is 22.6 Å². The van der Waals surface area contributed by atoms with E-state index in [-0.39, 0.29) is 11.5 Å². The molecular weight excluding hydrogens is 288 g/mol. The molecule has 0 aromatic heterocycles. The lowest BCUT2D eigenvalue weighted by Gasteiger charge is -2.13. The highest BCUT2D eigenvalue weighted by Gasteiger charge is 2.17. The van der Waals surface area contributed by atoms with Crippen molar-refractivity contribution in [1.29, 1.82) is 0 Å². The molecule has 2 aromatic rings. The molecule has 0 atom stereocenters. The van der Waals surface area contributed by atoms with Gasteiger partial charge in [-0.2, -0.15) is 0 Å². The second-order valence-corrected chi connectivity index (χ2v) is 5.77. The van der Waals surface area contributed by atoms with Crippen LogP contribution in [0.5, 0.6) is 23.0 Å². The molecule has 1 aliphatic rings. The molecule has 0 bridgehead atoms. The topological polar surface area (TPSA) is 58.9 Å². The standard InChI is InChI=1S/C16H16O4S/c17-11-7-8-13-16(15(11)18)21-14-6-2-1-5-12(14)19-9-3-4-10-20-13/h1-2,5-8,17-18H,3-4,9-10H2. The number of para-hydroxylation sites is 1. The van der Waals surface area contributed by atoms with Crippen molar-refractivity contribution in [1.82, 2.24) is 0 Å². The number of phenolic OH excluding ortho intramolecular Hbond substituents is 2. The lowest BCUT2D eigenvalue weighted by Crippen LogP contribution is -2.02. The number of rotatable bonds is 0. The van der Waals surface area contributed by atoms with Crippen molar-refractivity contribution in [2.24, 2.45) is 0 Å². The summed E-state index contributed by atoms with van der Waals surface area (Å²) >= 11 is 1.33. The molecule has 1 aliphatic heterocycles. The van der Waals surface area contributed by atoms with Gasteiger partial charge in [0.25, 0.3) is 0 Å². The molecule has 21 heavy (non-hydrogen) atoms. The Morgan fingerprint density at radius 3 is 2.38 bits per heavy atom. The van der Waals surface area contributed by atoms with E-state index in [1.807, 2.05) is 24.3 Å². The number of hydrogen-bond acceptors (Lipinski definition) is 5. The minimum atomic E-state index is -0.161. The number of fused-ring (bicyclic) bond motifs is 2. The third-order valence-corrected chi connectivity index (χ3v) is 4.34. The molecule has 0 radical (unpaired) electrons. The SMILES string of the molecule is Oc1ccc2c(c1O)Sc1ccccc1OCCCCO2. The fourth-order valence-electron chi connectivity index (χ4n) is 2.09. The van der Waals surface area contributed by atoms with E-state index in [1.165, 1.54) is 17.8 Å². The number of ether oxygens (including phenoxy) is 2. The summed E-state index contributed by atoms with van der Waals surface area (Å²) < 4.78 is 11.5. The van der Waals surface area contributed by atoms with E-state index in [0.717, 1.165) is 23.5 Å². The summed E-state index contributed by atoms with van der Waals surface area (Å²) in [7, 11) is 0. The van der Waals surface area contributed by atoms with Crippen LogP contribution < -0.4 is 9.47 Å². The third kappa shape index (κ3) is 3.03. The summed E-state index contributed by atoms with van der Waals surface area (Å²) in [5, 5.41) is 19.8. The number of phenols is 2. The van der Waals surface area contributed by atoms with Gasteiger partial charge in [0.1, 0.15) is 16.4 Å². The first-order valence-electron chi connectivity index (χ1n) is 6.83. The van der Waals surface area contributed by atoms with Crippen LogP contribution in [0.25, 0.3) is 0 Å². The van der Waals surface area contributed by atoms with Gasteiger partial charge in [0.05, 0.1) is 18.1 Å². The average molecular weight is 304 g/mol. The predicted molar refractivity (Wildman–Crippen MR) is 80.6 cm³/mol. The molecule has 0 amide bonds. The quantitative estimate of drug-likeness (QED) is 0.725. The van der Waals surface area contributed by atoms with Gasteiger partial charge in [0.15, 0.2) is 11.5 Å². The lowest BCUT2D eigenvalue weighted by molar-refractivity contribution is 0.260. The molecule has 1 heterocycles. The van der Waals surface area contributed by atoms with Crippen LogP contribution in [0.4, 0.5) is 0 Å². The molecule has 0 spiro atoms. The average Bonchev–Trinajstić information content (AvgIpc) is 2.54. The molecule has 4 nitrogen and oxygen atoms in total. The highest BCUT2D eigenvalue weighted by atomic mass is 32.2. The van der Waals surface area contributed by atoms with Gasteiger partial charge in [0.2, 0.25) is 0 Å². The van der Waals surface area contributed by atoms with E-state index in [4.69, 9.17) is 9.47 Å². The Morgan fingerprint density at radius 2 is 1.57 bits per heavy atom. The normalized spacial score (nSPS) is 14.9. The highest BCUT2D eigenvalue weighted by Crippen LogP contribution is 2.47. The second kappa shape index (κ2) is 6.18. The van der Waals surface area contributed by atoms with Crippen LogP contribution in [-0.2, 0) is 0 Å². The number of benzene rings is 2. The van der Waals surface area contributed by atoms with Crippen molar-refractivity contribution in [3.05, 3.63) is 36.4 Å². The fourth-order valence-corrected chi connectivity index (χ4v) is 3.11. The zero-order valence-electron chi connectivity index (χ0n) is 11.4. The van der Waals surface area contributed by atoms with Gasteiger partial charge in [-0.1, -0.05) is 23.9 Å². The summed E-state index contributed by atoms with van der Waals surface area (Å²) in [6.45, 7) is 1.19. The zero-order chi connectivity index (χ0) is 14.7. The van der Waals surface area contributed by atoms with Crippen molar-refractivity contribution in [2.75, 3.05) is 13.2 Å². The van der Waals surface area contributed by atoms with Crippen LogP contribution in [0.15, 0.2) is 46.2 Å². The summed E-state index contributed by atoms with van der Waals surface area (Å²) in [5.41, 5.74) is 0. The van der Waals surface area contributed by atoms with E-state index in [0.29, 0.717) is 23.9 Å². The molecule has 0 aliphatic carbocycles. The monoisotopic (exact) mass is 304 g/mol. The van der Waals surface area contributed by atoms with Crippen molar-refractivity contribution < 1.29 is 19.7 Å². The Hall–Kier alpha value is -2.01. The Bertz CT molecular complexity index is 642. The Morgan fingerprint density at radius 1 is 0.857 bits per heavy atom. The fraction of sp³-hybridized carbons (Fsp3) is 0.250. The largest absolute Gasteiger partial charge is 0.504 e. The van der Waals surface area contributed by atoms with Gasteiger partial charge in [-0.3, -0.25) is 0 Å². The summed E-state index contributed by atoms with van der Waals surface area (Å²) in [6, 6.07) is 10.8. The van der Waals surface area contributed by atoms with Gasteiger partial charge in [-0.05, 0) is 37.1 Å². The zero-order valence-corrected chi connectivity index (χ0v) is 12.2. The molecule has 0 saturated carbocycles. The smallest absolute Gasteiger partial charge is 0.175 e. The molecule has 2 aromatic carbocycles. The Balaban J connectivity index is 2.06. The van der Waals surface area contributed by atoms with Crippen LogP contribution in [0, 0.1) is 0 Å². The molecular formula is C16H16O4S. The molecule has 0 unspecified atom stereocenters.